The van der Waals surface area contributed by atoms with E-state index < -0.39 is 29.1 Å². The number of pyridine rings is 1. The van der Waals surface area contributed by atoms with Crippen LogP contribution in [0.3, 0.4) is 0 Å². The molecule has 0 bridgehead atoms. The van der Waals surface area contributed by atoms with Gasteiger partial charge in [-0.1, -0.05) is 12.1 Å². The van der Waals surface area contributed by atoms with Gasteiger partial charge in [0.2, 0.25) is 5.69 Å². The van der Waals surface area contributed by atoms with E-state index in [1.807, 2.05) is 0 Å². The lowest BCUT2D eigenvalue weighted by atomic mass is 10.0. The number of carbonyl (C=O) groups is 2. The molecule has 1 aliphatic heterocycles. The second-order valence-corrected chi connectivity index (χ2v) is 8.87. The first-order valence-electron chi connectivity index (χ1n) is 11.3. The van der Waals surface area contributed by atoms with E-state index in [9.17, 15) is 18.4 Å². The number of carbonyl (C=O) groups excluding carboxylic acids is 2. The van der Waals surface area contributed by atoms with Gasteiger partial charge in [0.15, 0.2) is 11.6 Å². The van der Waals surface area contributed by atoms with Crippen LogP contribution in [-0.2, 0) is 4.79 Å². The SMILES string of the molecule is [C-]#[N+]c1ccc(N2C(=O)N(CCCOc3ccc(-c4ccncc4)cc3F)C(C)(C)C2=O)c(C)c1F. The van der Waals surface area contributed by atoms with Gasteiger partial charge in [-0.25, -0.2) is 23.3 Å². The van der Waals surface area contributed by atoms with Gasteiger partial charge in [-0.3, -0.25) is 9.78 Å². The Morgan fingerprint density at radius 1 is 1.06 bits per heavy atom. The molecular formula is C27H24F2N4O3. The Kier molecular flexibility index (Phi) is 6.71. The van der Waals surface area contributed by atoms with Gasteiger partial charge in [-0.2, -0.15) is 0 Å². The van der Waals surface area contributed by atoms with Crippen molar-refractivity contribution in [2.24, 2.45) is 0 Å². The molecule has 2 aromatic carbocycles. The van der Waals surface area contributed by atoms with Crippen LogP contribution in [0.25, 0.3) is 16.0 Å². The number of amides is 3. The molecule has 1 aliphatic rings. The quantitative estimate of drug-likeness (QED) is 0.235. The molecule has 9 heteroatoms. The molecule has 0 unspecified atom stereocenters. The third-order valence-corrected chi connectivity index (χ3v) is 6.25. The molecule has 1 fully saturated rings. The molecule has 184 valence electrons. The predicted octanol–water partition coefficient (Wildman–Crippen LogP) is 5.90. The van der Waals surface area contributed by atoms with Crippen molar-refractivity contribution in [2.75, 3.05) is 18.1 Å². The van der Waals surface area contributed by atoms with Gasteiger partial charge < -0.3 is 9.64 Å². The number of imide groups is 1. The van der Waals surface area contributed by atoms with Crippen molar-refractivity contribution in [2.45, 2.75) is 32.7 Å². The number of anilines is 1. The van der Waals surface area contributed by atoms with Gasteiger partial charge in [0, 0.05) is 18.9 Å². The van der Waals surface area contributed by atoms with Crippen molar-refractivity contribution in [3.63, 3.8) is 0 Å². The Morgan fingerprint density at radius 2 is 1.78 bits per heavy atom. The van der Waals surface area contributed by atoms with Gasteiger partial charge in [-0.15, -0.1) is 0 Å². The molecule has 0 saturated carbocycles. The summed E-state index contributed by atoms with van der Waals surface area (Å²) in [5.41, 5.74) is 0.343. The van der Waals surface area contributed by atoms with Crippen molar-refractivity contribution >= 4 is 23.3 Å². The zero-order valence-corrected chi connectivity index (χ0v) is 20.1. The van der Waals surface area contributed by atoms with Crippen LogP contribution in [0.1, 0.15) is 25.8 Å². The minimum Gasteiger partial charge on any atom is -0.490 e. The molecule has 3 aromatic rings. The summed E-state index contributed by atoms with van der Waals surface area (Å²) in [5.74, 6) is -1.68. The zero-order chi connectivity index (χ0) is 26.0. The Labute approximate surface area is 207 Å². The van der Waals surface area contributed by atoms with E-state index in [2.05, 4.69) is 9.83 Å². The van der Waals surface area contributed by atoms with Crippen LogP contribution in [0.15, 0.2) is 54.9 Å². The topological polar surface area (TPSA) is 67.1 Å². The zero-order valence-electron chi connectivity index (χ0n) is 20.1. The number of halogens is 2. The maximum atomic E-state index is 14.6. The molecule has 0 spiro atoms. The fraction of sp³-hybridized carbons (Fsp3) is 0.259. The van der Waals surface area contributed by atoms with E-state index in [1.54, 1.807) is 50.5 Å². The smallest absolute Gasteiger partial charge is 0.332 e. The Hall–Kier alpha value is -4.32. The van der Waals surface area contributed by atoms with Crippen LogP contribution in [0.4, 0.5) is 25.0 Å². The lowest BCUT2D eigenvalue weighted by Crippen LogP contribution is -2.44. The Bertz CT molecular complexity index is 1370. The van der Waals surface area contributed by atoms with Crippen molar-refractivity contribution in [3.8, 4) is 16.9 Å². The molecule has 36 heavy (non-hydrogen) atoms. The van der Waals surface area contributed by atoms with Crippen molar-refractivity contribution in [1.29, 1.82) is 0 Å². The number of benzene rings is 2. The lowest BCUT2D eigenvalue weighted by molar-refractivity contribution is -0.123. The summed E-state index contributed by atoms with van der Waals surface area (Å²) in [5, 5.41) is 0. The molecular weight excluding hydrogens is 466 g/mol. The molecule has 4 rings (SSSR count). The van der Waals surface area contributed by atoms with Gasteiger partial charge in [0.05, 0.1) is 18.9 Å². The van der Waals surface area contributed by atoms with Crippen LogP contribution in [0, 0.1) is 25.1 Å². The Balaban J connectivity index is 1.42. The molecule has 0 aliphatic carbocycles. The molecule has 7 nitrogen and oxygen atoms in total. The van der Waals surface area contributed by atoms with Crippen molar-refractivity contribution in [1.82, 2.24) is 9.88 Å². The van der Waals surface area contributed by atoms with Crippen LogP contribution in [0.5, 0.6) is 5.75 Å². The average Bonchev–Trinajstić information content (AvgIpc) is 3.03. The van der Waals surface area contributed by atoms with E-state index >= 15 is 0 Å². The second kappa shape index (κ2) is 9.74. The predicted molar refractivity (Wildman–Crippen MR) is 131 cm³/mol. The van der Waals surface area contributed by atoms with Gasteiger partial charge >= 0.3 is 6.03 Å². The minimum absolute atomic E-state index is 0.0527. The number of nitrogens with zero attached hydrogens (tertiary/aromatic N) is 4. The minimum atomic E-state index is -1.17. The normalized spacial score (nSPS) is 14.8. The number of hydrogen-bond acceptors (Lipinski definition) is 4. The van der Waals surface area contributed by atoms with Crippen LogP contribution in [-0.4, -0.2) is 40.5 Å². The molecule has 0 N–H and O–H groups in total. The van der Waals surface area contributed by atoms with Gasteiger partial charge in [0.25, 0.3) is 5.91 Å². The number of hydrogen-bond donors (Lipinski definition) is 0. The standard InChI is InChI=1S/C27H24F2N4O3/c1-17-22(8-7-21(30-4)24(17)29)33-25(34)27(2,3)32(26(33)35)14-5-15-36-23-9-6-19(16-20(23)28)18-10-12-31-13-11-18/h6-13,16H,5,14-15H2,1-3H3. The average molecular weight is 491 g/mol. The summed E-state index contributed by atoms with van der Waals surface area (Å²) in [4.78, 5) is 35.7. The largest absolute Gasteiger partial charge is 0.490 e. The number of ether oxygens (including phenoxy) is 1. The summed E-state index contributed by atoms with van der Waals surface area (Å²) in [6.07, 6.45) is 3.60. The Morgan fingerprint density at radius 3 is 2.44 bits per heavy atom. The summed E-state index contributed by atoms with van der Waals surface area (Å²) < 4.78 is 34.6. The monoisotopic (exact) mass is 490 g/mol. The van der Waals surface area contributed by atoms with E-state index in [0.717, 1.165) is 10.5 Å². The fourth-order valence-corrected chi connectivity index (χ4v) is 4.16. The first-order chi connectivity index (χ1) is 17.2. The van der Waals surface area contributed by atoms with E-state index in [0.29, 0.717) is 12.0 Å². The summed E-state index contributed by atoms with van der Waals surface area (Å²) in [6.45, 7) is 12.0. The van der Waals surface area contributed by atoms with Crippen LogP contribution < -0.4 is 9.64 Å². The second-order valence-electron chi connectivity index (χ2n) is 8.87. The van der Waals surface area contributed by atoms with Crippen molar-refractivity contribution in [3.05, 3.63) is 83.5 Å². The third-order valence-electron chi connectivity index (χ3n) is 6.25. The molecule has 2 heterocycles. The van der Waals surface area contributed by atoms with Gasteiger partial charge in [0.1, 0.15) is 11.4 Å². The van der Waals surface area contributed by atoms with E-state index in [1.165, 1.54) is 30.0 Å². The van der Waals surface area contributed by atoms with Gasteiger partial charge in [-0.05, 0) is 74.2 Å². The number of urea groups is 1. The highest BCUT2D eigenvalue weighted by atomic mass is 19.1. The summed E-state index contributed by atoms with van der Waals surface area (Å²) >= 11 is 0. The van der Waals surface area contributed by atoms with E-state index in [4.69, 9.17) is 11.3 Å². The highest BCUT2D eigenvalue weighted by Gasteiger charge is 2.52. The maximum absolute atomic E-state index is 14.6. The lowest BCUT2D eigenvalue weighted by Gasteiger charge is -2.27. The number of aromatic nitrogens is 1. The van der Waals surface area contributed by atoms with Crippen molar-refractivity contribution < 1.29 is 23.1 Å². The third kappa shape index (κ3) is 4.38. The fourth-order valence-electron chi connectivity index (χ4n) is 4.16. The van der Waals surface area contributed by atoms with Crippen LogP contribution >= 0.6 is 0 Å². The highest BCUT2D eigenvalue weighted by Crippen LogP contribution is 2.36. The maximum Gasteiger partial charge on any atom is 0.332 e. The molecule has 0 radical (unpaired) electrons. The first-order valence-corrected chi connectivity index (χ1v) is 11.3. The van der Waals surface area contributed by atoms with E-state index in [-0.39, 0.29) is 35.8 Å². The molecule has 3 amide bonds. The molecule has 1 saturated heterocycles. The molecule has 1 aromatic heterocycles. The summed E-state index contributed by atoms with van der Waals surface area (Å²) in [7, 11) is 0. The highest BCUT2D eigenvalue weighted by molar-refractivity contribution is 6.23. The van der Waals surface area contributed by atoms with Crippen LogP contribution in [0.2, 0.25) is 0 Å². The summed E-state index contributed by atoms with van der Waals surface area (Å²) in [6, 6.07) is 10.3. The first kappa shape index (κ1) is 24.8. The number of rotatable bonds is 7. The molecule has 0 atom stereocenters.